The molecule has 3 aliphatic rings. The molecule has 0 bridgehead atoms. The van der Waals surface area contributed by atoms with Gasteiger partial charge in [0.25, 0.3) is 5.67 Å². The number of rotatable bonds is 10. The summed E-state index contributed by atoms with van der Waals surface area (Å²) < 4.78 is 46.8. The molecule has 2 amide bonds. The van der Waals surface area contributed by atoms with Gasteiger partial charge in [-0.15, -0.1) is 0 Å². The Labute approximate surface area is 350 Å². The second kappa shape index (κ2) is 18.1. The van der Waals surface area contributed by atoms with E-state index in [9.17, 15) is 34.2 Å². The Morgan fingerprint density at radius 3 is 2.43 bits per heavy atom. The number of nitrogens with one attached hydrogen (secondary N) is 2. The highest BCUT2D eigenvalue weighted by Crippen LogP contribution is 2.44. The molecule has 16 nitrogen and oxygen atoms in total. The third-order valence-corrected chi connectivity index (χ3v) is 12.9. The lowest BCUT2D eigenvalue weighted by Crippen LogP contribution is -2.68. The normalized spacial score (nSPS) is 38.1. The molecule has 1 aromatic heterocycles. The molecule has 0 saturated carbocycles. The molecule has 13 atom stereocenters. The maximum atomic E-state index is 17.0. The largest absolute Gasteiger partial charge is 0.455 e. The number of hydrogen-bond acceptors (Lipinski definition) is 14. The zero-order valence-electron chi connectivity index (χ0n) is 36.2. The number of halogens is 1. The van der Waals surface area contributed by atoms with Crippen molar-refractivity contribution in [2.24, 2.45) is 17.8 Å². The predicted octanol–water partition coefficient (Wildman–Crippen LogP) is 3.17. The van der Waals surface area contributed by atoms with Crippen LogP contribution in [0.25, 0.3) is 10.9 Å². The summed E-state index contributed by atoms with van der Waals surface area (Å²) in [6, 6.07) is 8.93. The molecule has 4 heterocycles. The van der Waals surface area contributed by atoms with Crippen molar-refractivity contribution in [3.05, 3.63) is 42.1 Å². The van der Waals surface area contributed by atoms with Gasteiger partial charge in [-0.3, -0.25) is 24.7 Å². The number of aliphatic hydroxyl groups excluding tert-OH is 1. The van der Waals surface area contributed by atoms with E-state index in [4.69, 9.17) is 23.7 Å². The summed E-state index contributed by atoms with van der Waals surface area (Å²) >= 11 is 0. The van der Waals surface area contributed by atoms with Crippen LogP contribution in [0.5, 0.6) is 0 Å². The first-order chi connectivity index (χ1) is 28.0. The van der Waals surface area contributed by atoms with Gasteiger partial charge >= 0.3 is 12.1 Å². The Morgan fingerprint density at radius 1 is 1.08 bits per heavy atom. The number of aryl methyl sites for hydroxylation is 1. The lowest BCUT2D eigenvalue weighted by atomic mass is 9.71. The van der Waals surface area contributed by atoms with Crippen molar-refractivity contribution < 1.29 is 62.3 Å². The number of aliphatic hydroxyl groups is 2. The third-order valence-electron chi connectivity index (χ3n) is 12.9. The van der Waals surface area contributed by atoms with Crippen molar-refractivity contribution in [1.29, 1.82) is 0 Å². The molecule has 332 valence electrons. The van der Waals surface area contributed by atoms with E-state index in [-0.39, 0.29) is 31.7 Å². The number of alkyl carbamates (subject to hydrolysis) is 1. The monoisotopic (exact) mass is 844 g/mol. The van der Waals surface area contributed by atoms with Gasteiger partial charge in [0.05, 0.1) is 29.2 Å². The first-order valence-corrected chi connectivity index (χ1v) is 20.5. The highest BCUT2D eigenvalue weighted by molar-refractivity contribution is 6.08. The number of alkyl halides is 1. The molecule has 3 saturated heterocycles. The van der Waals surface area contributed by atoms with Crippen LogP contribution in [0.1, 0.15) is 79.7 Å². The van der Waals surface area contributed by atoms with Crippen molar-refractivity contribution >= 4 is 40.4 Å². The van der Waals surface area contributed by atoms with Crippen LogP contribution in [0.15, 0.2) is 36.5 Å². The van der Waals surface area contributed by atoms with Crippen molar-refractivity contribution in [1.82, 2.24) is 20.5 Å². The topological polar surface area (TPSA) is 212 Å². The molecule has 2 aromatic rings. The fraction of sp³-hybridized carbons (Fsp3) is 0.674. The highest BCUT2D eigenvalue weighted by atomic mass is 19.1. The number of ketones is 2. The van der Waals surface area contributed by atoms with Gasteiger partial charge < -0.3 is 44.1 Å². The van der Waals surface area contributed by atoms with Crippen LogP contribution in [0.2, 0.25) is 0 Å². The fourth-order valence-electron chi connectivity index (χ4n) is 9.08. The molecule has 5 unspecified atom stereocenters. The summed E-state index contributed by atoms with van der Waals surface area (Å²) in [5, 5.41) is 29.7. The van der Waals surface area contributed by atoms with Crippen LogP contribution < -0.4 is 10.6 Å². The lowest BCUT2D eigenvalue weighted by molar-refractivity contribution is -0.295. The van der Waals surface area contributed by atoms with Gasteiger partial charge in [0, 0.05) is 56.0 Å². The van der Waals surface area contributed by atoms with Gasteiger partial charge in [0.2, 0.25) is 5.91 Å². The average Bonchev–Trinajstić information content (AvgIpc) is 3.45. The lowest BCUT2D eigenvalue weighted by Gasteiger charge is -2.47. The number of Topliss-reactive ketones (excluding diaryl/α,β-unsaturated/α-hetero) is 2. The van der Waals surface area contributed by atoms with Crippen LogP contribution in [-0.4, -0.2) is 137 Å². The molecular weight excluding hydrogens is 783 g/mol. The summed E-state index contributed by atoms with van der Waals surface area (Å²) in [5.41, 5.74) is -8.04. The number of carbonyl (C=O) groups excluding carboxylic acids is 5. The van der Waals surface area contributed by atoms with Gasteiger partial charge in [-0.05, 0) is 78.7 Å². The molecule has 5 rings (SSSR count). The minimum atomic E-state index is -3.36. The Bertz CT molecular complexity index is 1930. The van der Waals surface area contributed by atoms with E-state index in [0.29, 0.717) is 12.8 Å². The Balaban J connectivity index is 1.47. The SMILES string of the molecule is CO[C@]1(C)C[C@@H](C)C(=O)[C@H](C)C2(O)NC(=O)O[C@]2(C)[C@@H](CCNC(=O)CCc2ccnc3ccccc23)OC(=O)[C@@](C)(F)C(=O)[C@H](C)[C@H]1OC1OC(C)CC(N(C)C)C1O. The summed E-state index contributed by atoms with van der Waals surface area (Å²) in [6.07, 6.45) is -5.16. The number of cyclic esters (lactones) is 1. The maximum absolute atomic E-state index is 17.0. The number of ether oxygens (including phenoxy) is 5. The van der Waals surface area contributed by atoms with Crippen molar-refractivity contribution in [3.8, 4) is 0 Å². The number of amides is 2. The second-order valence-electron chi connectivity index (χ2n) is 17.4. The fourth-order valence-corrected chi connectivity index (χ4v) is 9.08. The highest BCUT2D eigenvalue weighted by Gasteiger charge is 2.67. The molecule has 3 aliphatic heterocycles. The number of aromatic nitrogens is 1. The molecule has 60 heavy (non-hydrogen) atoms. The molecule has 0 radical (unpaired) electrons. The van der Waals surface area contributed by atoms with E-state index in [1.54, 1.807) is 41.1 Å². The average molecular weight is 845 g/mol. The number of fused-ring (bicyclic) bond motifs is 2. The Kier molecular flexibility index (Phi) is 14.1. The molecule has 17 heteroatoms. The first-order valence-electron chi connectivity index (χ1n) is 20.5. The van der Waals surface area contributed by atoms with Crippen LogP contribution in [-0.2, 0) is 49.3 Å². The van der Waals surface area contributed by atoms with Gasteiger partial charge in [-0.1, -0.05) is 39.0 Å². The number of likely N-dealkylation sites (N-methyl/N-ethyl adjacent to an activating group) is 1. The predicted molar refractivity (Wildman–Crippen MR) is 215 cm³/mol. The zero-order valence-corrected chi connectivity index (χ0v) is 36.2. The summed E-state index contributed by atoms with van der Waals surface area (Å²) in [6.45, 7) is 9.41. The first kappa shape index (κ1) is 46.9. The van der Waals surface area contributed by atoms with E-state index in [1.165, 1.54) is 27.9 Å². The molecule has 3 fully saturated rings. The number of methoxy groups -OCH3 is 1. The minimum absolute atomic E-state index is 0.0653. The van der Waals surface area contributed by atoms with Gasteiger partial charge in [-0.25, -0.2) is 14.0 Å². The zero-order chi connectivity index (χ0) is 44.5. The van der Waals surface area contributed by atoms with E-state index in [1.807, 2.05) is 35.2 Å². The molecular formula is C43H61FN4O12. The smallest absolute Gasteiger partial charge is 0.410 e. The number of benzene rings is 1. The van der Waals surface area contributed by atoms with E-state index in [0.717, 1.165) is 23.4 Å². The third kappa shape index (κ3) is 9.07. The molecule has 0 spiro atoms. The maximum Gasteiger partial charge on any atom is 0.410 e. The van der Waals surface area contributed by atoms with Gasteiger partial charge in [-0.2, -0.15) is 0 Å². The molecule has 4 N–H and O–H groups in total. The van der Waals surface area contributed by atoms with Gasteiger partial charge in [0.15, 0.2) is 23.4 Å². The van der Waals surface area contributed by atoms with E-state index < -0.39 is 101 Å². The standard InChI is InChI=1S/C43H61FN4O12/c1-23-22-40(5,56-10)36(59-37-34(51)30(48(8)9)21-24(2)57-37)25(3)35(52)41(6,44)38(53)58-31(42(7)43(55,26(4)33(23)50)47-39(54)60-42)18-20-46-32(49)16-15-27-17-19-45-29-14-12-11-13-28(27)29/h11-14,17,19,23-26,30-31,34,36-37,51,55H,15-16,18,20-22H2,1-10H3,(H,46,49)(H,47,54)/t23-,24?,25+,26+,30?,31-,34?,36-,37?,40-,41+,42-,43?/m1/s1. The Morgan fingerprint density at radius 2 is 1.77 bits per heavy atom. The minimum Gasteiger partial charge on any atom is -0.455 e. The quantitative estimate of drug-likeness (QED) is 0.200. The molecule has 1 aromatic carbocycles. The number of nitrogens with zero attached hydrogens (tertiary/aromatic N) is 2. The van der Waals surface area contributed by atoms with Gasteiger partial charge in [0.1, 0.15) is 18.0 Å². The van der Waals surface area contributed by atoms with Crippen LogP contribution >= 0.6 is 0 Å². The number of pyridine rings is 1. The number of para-hydroxylation sites is 1. The molecule has 0 aliphatic carbocycles. The van der Waals surface area contributed by atoms with Crippen LogP contribution in [0, 0.1) is 17.8 Å². The number of esters is 1. The summed E-state index contributed by atoms with van der Waals surface area (Å²) in [7, 11) is 4.89. The van der Waals surface area contributed by atoms with Crippen LogP contribution in [0.4, 0.5) is 9.18 Å². The Hall–Kier alpha value is -4.13. The van der Waals surface area contributed by atoms with E-state index >= 15 is 4.39 Å². The van der Waals surface area contributed by atoms with Crippen molar-refractivity contribution in [3.63, 3.8) is 0 Å². The number of carbonyl (C=O) groups is 5. The second-order valence-corrected chi connectivity index (χ2v) is 17.4. The summed E-state index contributed by atoms with van der Waals surface area (Å²) in [5.74, 6) is -7.77. The summed E-state index contributed by atoms with van der Waals surface area (Å²) in [4.78, 5) is 75.1. The van der Waals surface area contributed by atoms with E-state index in [2.05, 4.69) is 15.6 Å². The van der Waals surface area contributed by atoms with Crippen molar-refractivity contribution in [2.45, 2.75) is 140 Å². The van der Waals surface area contributed by atoms with Crippen LogP contribution in [0.3, 0.4) is 0 Å². The van der Waals surface area contributed by atoms with Crippen molar-refractivity contribution in [2.75, 3.05) is 27.7 Å². The number of hydrogen-bond donors (Lipinski definition) is 4.